The first kappa shape index (κ1) is 4.97. The molecule has 0 unspecified atom stereocenters. The summed E-state index contributed by atoms with van der Waals surface area (Å²) in [6.07, 6.45) is 0. The Morgan fingerprint density at radius 1 is 1.50 bits per heavy atom. The highest BCUT2D eigenvalue weighted by Gasteiger charge is 1.83. The lowest BCUT2D eigenvalue weighted by Gasteiger charge is -1.74. The number of anilines is 1. The van der Waals surface area contributed by atoms with E-state index in [0.717, 1.165) is 10.7 Å². The molecule has 0 aliphatic carbocycles. The van der Waals surface area contributed by atoms with Crippen molar-refractivity contribution in [2.24, 2.45) is 0 Å². The predicted octanol–water partition coefficient (Wildman–Crippen LogP) is -0.583. The van der Waals surface area contributed by atoms with Crippen LogP contribution in [0.1, 0.15) is 0 Å². The molecule has 0 saturated heterocycles. The third kappa shape index (κ3) is 0.601. The highest BCUT2D eigenvalue weighted by atomic mass is 14.7. The first-order valence-electron chi connectivity index (χ1n) is 2.32. The molecule has 0 fully saturated rings. The number of hydrogen-bond donors (Lipinski definition) is 2. The minimum atomic E-state index is 0.676. The summed E-state index contributed by atoms with van der Waals surface area (Å²) in [5.74, 6) is 0. The fraction of sp³-hybridized carbons (Fsp3) is 0. The van der Waals surface area contributed by atoms with Gasteiger partial charge in [0.05, 0.1) is 11.0 Å². The molecule has 42 valence electrons. The van der Waals surface area contributed by atoms with Crippen LogP contribution in [0.5, 0.6) is 0 Å². The zero-order chi connectivity index (χ0) is 6.15. The van der Waals surface area contributed by atoms with Crippen molar-refractivity contribution < 1.29 is 0 Å². The van der Waals surface area contributed by atoms with E-state index in [9.17, 15) is 0 Å². The van der Waals surface area contributed by atoms with Crippen LogP contribution >= 0.6 is 0 Å². The standard InChI is InChI=1S/C6H8N2/c1-4-3-6(7)5(2)8-4/h3,8H,1-2,7H2. The molecule has 1 aromatic rings. The van der Waals surface area contributed by atoms with Gasteiger partial charge in [-0.15, -0.1) is 0 Å². The molecular weight excluding hydrogens is 100 g/mol. The van der Waals surface area contributed by atoms with Crippen LogP contribution in [0.2, 0.25) is 0 Å². The van der Waals surface area contributed by atoms with E-state index in [1.54, 1.807) is 6.07 Å². The highest BCUT2D eigenvalue weighted by Crippen LogP contribution is 1.78. The zero-order valence-electron chi connectivity index (χ0n) is 4.57. The number of nitrogens with one attached hydrogen (secondary N) is 1. The van der Waals surface area contributed by atoms with Crippen molar-refractivity contribution in [3.8, 4) is 0 Å². The van der Waals surface area contributed by atoms with Crippen molar-refractivity contribution in [2.45, 2.75) is 0 Å². The summed E-state index contributed by atoms with van der Waals surface area (Å²) in [7, 11) is 0. The Morgan fingerprint density at radius 3 is 2.25 bits per heavy atom. The molecule has 0 saturated carbocycles. The van der Waals surface area contributed by atoms with Crippen molar-refractivity contribution in [3.63, 3.8) is 0 Å². The number of aromatic amines is 1. The van der Waals surface area contributed by atoms with Crippen LogP contribution in [0.25, 0.3) is 13.2 Å². The largest absolute Gasteiger partial charge is 0.397 e. The maximum absolute atomic E-state index is 5.41. The summed E-state index contributed by atoms with van der Waals surface area (Å²) in [5.41, 5.74) is 6.08. The first-order valence-corrected chi connectivity index (χ1v) is 2.32. The topological polar surface area (TPSA) is 41.8 Å². The maximum Gasteiger partial charge on any atom is 0.0567 e. The fourth-order valence-electron chi connectivity index (χ4n) is 0.577. The molecule has 0 aliphatic rings. The summed E-state index contributed by atoms with van der Waals surface area (Å²) in [6.45, 7) is 7.25. The van der Waals surface area contributed by atoms with E-state index in [4.69, 9.17) is 5.73 Å². The third-order valence-electron chi connectivity index (χ3n) is 0.990. The van der Waals surface area contributed by atoms with Gasteiger partial charge in [-0.05, 0) is 6.07 Å². The van der Waals surface area contributed by atoms with Crippen molar-refractivity contribution >= 4 is 18.8 Å². The Hall–Kier alpha value is -1.18. The lowest BCUT2D eigenvalue weighted by Crippen LogP contribution is -2.07. The summed E-state index contributed by atoms with van der Waals surface area (Å²) in [5, 5.41) is 1.56. The first-order chi connectivity index (χ1) is 3.70. The Bertz CT molecular complexity index is 271. The van der Waals surface area contributed by atoms with E-state index in [2.05, 4.69) is 18.1 Å². The number of rotatable bonds is 0. The van der Waals surface area contributed by atoms with Crippen molar-refractivity contribution in [3.05, 3.63) is 16.8 Å². The maximum atomic E-state index is 5.41. The summed E-state index contributed by atoms with van der Waals surface area (Å²) in [4.78, 5) is 2.86. The van der Waals surface area contributed by atoms with Gasteiger partial charge in [-0.3, -0.25) is 0 Å². The molecule has 0 spiro atoms. The smallest absolute Gasteiger partial charge is 0.0567 e. The fourth-order valence-corrected chi connectivity index (χ4v) is 0.577. The third-order valence-corrected chi connectivity index (χ3v) is 0.990. The zero-order valence-corrected chi connectivity index (χ0v) is 4.57. The van der Waals surface area contributed by atoms with E-state index in [-0.39, 0.29) is 0 Å². The van der Waals surface area contributed by atoms with Crippen LogP contribution in [-0.4, -0.2) is 4.98 Å². The summed E-state index contributed by atoms with van der Waals surface area (Å²) < 4.78 is 0. The normalized spacial score (nSPS) is 9.50. The van der Waals surface area contributed by atoms with Gasteiger partial charge in [0.2, 0.25) is 0 Å². The average molecular weight is 108 g/mol. The number of aromatic nitrogens is 1. The number of hydrogen-bond acceptors (Lipinski definition) is 1. The molecule has 2 nitrogen and oxygen atoms in total. The molecule has 2 heteroatoms. The van der Waals surface area contributed by atoms with Gasteiger partial charge in [0.15, 0.2) is 0 Å². The van der Waals surface area contributed by atoms with Gasteiger partial charge in [0.1, 0.15) is 0 Å². The molecule has 0 bridgehead atoms. The summed E-state index contributed by atoms with van der Waals surface area (Å²) >= 11 is 0. The Balaban J connectivity index is 3.59. The van der Waals surface area contributed by atoms with E-state index in [0.29, 0.717) is 5.69 Å². The van der Waals surface area contributed by atoms with Crippen LogP contribution in [0, 0.1) is 0 Å². The van der Waals surface area contributed by atoms with Gasteiger partial charge in [-0.2, -0.15) is 0 Å². The van der Waals surface area contributed by atoms with Crippen LogP contribution in [0.4, 0.5) is 5.69 Å². The molecule has 0 amide bonds. The molecule has 1 aromatic heterocycles. The quantitative estimate of drug-likeness (QED) is 0.458. The second-order valence-electron chi connectivity index (χ2n) is 1.73. The number of nitrogens with two attached hydrogens (primary N) is 1. The van der Waals surface area contributed by atoms with Crippen LogP contribution in [-0.2, 0) is 0 Å². The van der Waals surface area contributed by atoms with Crippen molar-refractivity contribution in [2.75, 3.05) is 5.73 Å². The molecule has 0 radical (unpaired) electrons. The van der Waals surface area contributed by atoms with Gasteiger partial charge < -0.3 is 10.7 Å². The van der Waals surface area contributed by atoms with Gasteiger partial charge in [0.25, 0.3) is 0 Å². The molecule has 1 rings (SSSR count). The molecule has 8 heavy (non-hydrogen) atoms. The second-order valence-corrected chi connectivity index (χ2v) is 1.73. The average Bonchev–Trinajstić information content (AvgIpc) is 1.85. The van der Waals surface area contributed by atoms with Gasteiger partial charge in [-0.25, -0.2) is 0 Å². The van der Waals surface area contributed by atoms with Crippen LogP contribution in [0.3, 0.4) is 0 Å². The highest BCUT2D eigenvalue weighted by molar-refractivity contribution is 5.38. The van der Waals surface area contributed by atoms with E-state index in [1.807, 2.05) is 0 Å². The molecule has 3 N–H and O–H groups in total. The second kappa shape index (κ2) is 1.40. The Labute approximate surface area is 47.3 Å². The SMILES string of the molecule is C=c1cc(N)c(=C)[nH]1. The molecule has 0 aliphatic heterocycles. The van der Waals surface area contributed by atoms with Gasteiger partial charge >= 0.3 is 0 Å². The summed E-state index contributed by atoms with van der Waals surface area (Å²) in [6, 6.07) is 1.75. The lowest BCUT2D eigenvalue weighted by atomic mass is 10.5. The van der Waals surface area contributed by atoms with E-state index < -0.39 is 0 Å². The Morgan fingerprint density at radius 2 is 2.12 bits per heavy atom. The number of nitrogen functional groups attached to an aromatic ring is 1. The minimum Gasteiger partial charge on any atom is -0.397 e. The molecular formula is C6H8N2. The molecule has 1 heterocycles. The van der Waals surface area contributed by atoms with E-state index >= 15 is 0 Å². The van der Waals surface area contributed by atoms with Crippen molar-refractivity contribution in [1.82, 2.24) is 4.98 Å². The molecule has 0 atom stereocenters. The van der Waals surface area contributed by atoms with Crippen LogP contribution < -0.4 is 16.4 Å². The van der Waals surface area contributed by atoms with Crippen LogP contribution in [0.15, 0.2) is 6.07 Å². The lowest BCUT2D eigenvalue weighted by molar-refractivity contribution is 1.29. The molecule has 0 aromatic carbocycles. The minimum absolute atomic E-state index is 0.676. The van der Waals surface area contributed by atoms with Crippen molar-refractivity contribution in [1.29, 1.82) is 0 Å². The monoisotopic (exact) mass is 108 g/mol. The van der Waals surface area contributed by atoms with E-state index in [1.165, 1.54) is 0 Å². The predicted molar refractivity (Wildman–Crippen MR) is 35.5 cm³/mol. The number of H-pyrrole nitrogens is 1. The van der Waals surface area contributed by atoms with Gasteiger partial charge in [-0.1, -0.05) is 13.2 Å². The Kier molecular flexibility index (Phi) is 0.870. The van der Waals surface area contributed by atoms with Gasteiger partial charge in [0, 0.05) is 5.35 Å².